The lowest BCUT2D eigenvalue weighted by Gasteiger charge is -2.21. The van der Waals surface area contributed by atoms with E-state index in [4.69, 9.17) is 11.6 Å². The minimum absolute atomic E-state index is 0.0454. The van der Waals surface area contributed by atoms with Crippen LogP contribution in [0.25, 0.3) is 0 Å². The van der Waals surface area contributed by atoms with E-state index in [0.717, 1.165) is 5.56 Å². The van der Waals surface area contributed by atoms with E-state index < -0.39 is 22.0 Å². The molecule has 0 saturated carbocycles. The molecule has 1 aromatic carbocycles. The Labute approximate surface area is 152 Å². The van der Waals surface area contributed by atoms with Gasteiger partial charge in [-0.1, -0.05) is 25.4 Å². The first-order valence-corrected chi connectivity index (χ1v) is 9.65. The fraction of sp³-hybridized carbons (Fsp3) is 0.500. The Morgan fingerprint density at radius 1 is 1.32 bits per heavy atom. The minimum Gasteiger partial charge on any atom is -0.468 e. The lowest BCUT2D eigenvalue weighted by molar-refractivity contribution is -0.143. The predicted octanol–water partition coefficient (Wildman–Crippen LogP) is 1.72. The summed E-state index contributed by atoms with van der Waals surface area (Å²) in [7, 11) is -2.89. The standard InChI is InChI=1S/C16H21ClN2O5S/c1-9(2)15(16(21)24-4)18-25(22,23)14-8-13-11(7-12(14)17)5-6-19(13)10(3)20/h7-9,15,18H,5-6H2,1-4H3/t15-/m0/s1. The van der Waals surface area contributed by atoms with Crippen molar-refractivity contribution in [2.24, 2.45) is 5.92 Å². The zero-order valence-electron chi connectivity index (χ0n) is 14.5. The topological polar surface area (TPSA) is 92.8 Å². The molecule has 1 heterocycles. The third-order valence-corrected chi connectivity index (χ3v) is 6.01. The second kappa shape index (κ2) is 7.31. The number of hydrogen-bond donors (Lipinski definition) is 1. The van der Waals surface area contributed by atoms with Gasteiger partial charge in [-0.2, -0.15) is 4.72 Å². The summed E-state index contributed by atoms with van der Waals surface area (Å²) in [4.78, 5) is 24.9. The largest absolute Gasteiger partial charge is 0.468 e. The second-order valence-electron chi connectivity index (χ2n) is 6.20. The molecule has 138 valence electrons. The van der Waals surface area contributed by atoms with Gasteiger partial charge in [-0.3, -0.25) is 9.59 Å². The molecule has 1 amide bonds. The van der Waals surface area contributed by atoms with E-state index in [1.165, 1.54) is 25.0 Å². The number of ether oxygens (including phenoxy) is 1. The van der Waals surface area contributed by atoms with Crippen LogP contribution in [0.5, 0.6) is 0 Å². The number of anilines is 1. The molecule has 0 fully saturated rings. The van der Waals surface area contributed by atoms with Gasteiger partial charge in [0.25, 0.3) is 0 Å². The Morgan fingerprint density at radius 3 is 2.48 bits per heavy atom. The van der Waals surface area contributed by atoms with Crippen molar-refractivity contribution >= 4 is 39.2 Å². The number of nitrogens with one attached hydrogen (secondary N) is 1. The number of sulfonamides is 1. The molecule has 1 atom stereocenters. The number of nitrogens with zero attached hydrogens (tertiary/aromatic N) is 1. The van der Waals surface area contributed by atoms with Crippen molar-refractivity contribution in [3.8, 4) is 0 Å². The van der Waals surface area contributed by atoms with Gasteiger partial charge in [0.15, 0.2) is 0 Å². The molecule has 1 aliphatic rings. The van der Waals surface area contributed by atoms with Crippen LogP contribution in [0.3, 0.4) is 0 Å². The van der Waals surface area contributed by atoms with E-state index in [-0.39, 0.29) is 21.7 Å². The van der Waals surface area contributed by atoms with E-state index in [2.05, 4.69) is 9.46 Å². The maximum atomic E-state index is 12.8. The number of hydrogen-bond acceptors (Lipinski definition) is 5. The molecule has 1 aliphatic heterocycles. The van der Waals surface area contributed by atoms with Crippen molar-refractivity contribution in [2.45, 2.75) is 38.1 Å². The van der Waals surface area contributed by atoms with Crippen molar-refractivity contribution in [1.29, 1.82) is 0 Å². The van der Waals surface area contributed by atoms with Crippen LogP contribution < -0.4 is 9.62 Å². The lowest BCUT2D eigenvalue weighted by atomic mass is 10.1. The SMILES string of the molecule is COC(=O)[C@@H](NS(=O)(=O)c1cc2c(cc1Cl)CCN2C(C)=O)C(C)C. The third kappa shape index (κ3) is 3.96. The van der Waals surface area contributed by atoms with Gasteiger partial charge in [-0.05, 0) is 30.0 Å². The predicted molar refractivity (Wildman–Crippen MR) is 94.1 cm³/mol. The molecule has 0 aromatic heterocycles. The van der Waals surface area contributed by atoms with Gasteiger partial charge in [-0.25, -0.2) is 8.42 Å². The molecule has 0 unspecified atom stereocenters. The summed E-state index contributed by atoms with van der Waals surface area (Å²) in [6, 6.07) is 1.89. The number of benzene rings is 1. The summed E-state index contributed by atoms with van der Waals surface area (Å²) in [5.74, 6) is -1.17. The molecule has 0 bridgehead atoms. The zero-order valence-corrected chi connectivity index (χ0v) is 16.1. The Bertz CT molecular complexity index is 807. The molecular weight excluding hydrogens is 368 g/mol. The van der Waals surface area contributed by atoms with Crippen LogP contribution in [-0.2, 0) is 30.8 Å². The molecule has 1 N–H and O–H groups in total. The molecule has 1 aromatic rings. The molecule has 2 rings (SSSR count). The van der Waals surface area contributed by atoms with Crippen molar-refractivity contribution in [1.82, 2.24) is 4.72 Å². The number of esters is 1. The average molecular weight is 389 g/mol. The van der Waals surface area contributed by atoms with Gasteiger partial charge >= 0.3 is 5.97 Å². The smallest absolute Gasteiger partial charge is 0.324 e. The van der Waals surface area contributed by atoms with Gasteiger partial charge in [0.1, 0.15) is 10.9 Å². The maximum Gasteiger partial charge on any atom is 0.324 e. The first-order valence-electron chi connectivity index (χ1n) is 7.79. The summed E-state index contributed by atoms with van der Waals surface area (Å²) in [5.41, 5.74) is 1.34. The van der Waals surface area contributed by atoms with E-state index >= 15 is 0 Å². The number of halogens is 1. The quantitative estimate of drug-likeness (QED) is 0.775. The number of amides is 1. The first-order chi connectivity index (χ1) is 11.6. The summed E-state index contributed by atoms with van der Waals surface area (Å²) in [6.07, 6.45) is 0.610. The van der Waals surface area contributed by atoms with Crippen LogP contribution in [0.4, 0.5) is 5.69 Å². The highest BCUT2D eigenvalue weighted by Crippen LogP contribution is 2.35. The molecule has 0 aliphatic carbocycles. The lowest BCUT2D eigenvalue weighted by Crippen LogP contribution is -2.45. The number of methoxy groups -OCH3 is 1. The van der Waals surface area contributed by atoms with E-state index in [0.29, 0.717) is 18.7 Å². The average Bonchev–Trinajstić information content (AvgIpc) is 2.93. The Hall–Kier alpha value is -1.64. The van der Waals surface area contributed by atoms with Gasteiger partial charge in [-0.15, -0.1) is 0 Å². The van der Waals surface area contributed by atoms with Crippen molar-refractivity contribution in [3.05, 3.63) is 22.7 Å². The van der Waals surface area contributed by atoms with E-state index in [1.54, 1.807) is 19.9 Å². The Balaban J connectivity index is 2.45. The van der Waals surface area contributed by atoms with Gasteiger partial charge < -0.3 is 9.64 Å². The first kappa shape index (κ1) is 19.7. The van der Waals surface area contributed by atoms with Gasteiger partial charge in [0, 0.05) is 19.2 Å². The minimum atomic E-state index is -4.08. The number of carbonyl (C=O) groups excluding carboxylic acids is 2. The van der Waals surface area contributed by atoms with Gasteiger partial charge in [0.05, 0.1) is 12.1 Å². The number of fused-ring (bicyclic) bond motifs is 1. The molecule has 25 heavy (non-hydrogen) atoms. The number of rotatable bonds is 5. The molecule has 9 heteroatoms. The highest BCUT2D eigenvalue weighted by Gasteiger charge is 2.32. The van der Waals surface area contributed by atoms with E-state index in [1.807, 2.05) is 0 Å². The highest BCUT2D eigenvalue weighted by molar-refractivity contribution is 7.89. The summed E-state index contributed by atoms with van der Waals surface area (Å²) >= 11 is 6.16. The fourth-order valence-electron chi connectivity index (χ4n) is 2.74. The third-order valence-electron chi connectivity index (χ3n) is 4.10. The van der Waals surface area contributed by atoms with Crippen molar-refractivity contribution < 1.29 is 22.7 Å². The molecule has 7 nitrogen and oxygen atoms in total. The van der Waals surface area contributed by atoms with Crippen LogP contribution in [0.2, 0.25) is 5.02 Å². The summed E-state index contributed by atoms with van der Waals surface area (Å²) in [5, 5.41) is 0.0454. The van der Waals surface area contributed by atoms with Crippen LogP contribution in [0.15, 0.2) is 17.0 Å². The molecule has 0 spiro atoms. The van der Waals surface area contributed by atoms with Crippen LogP contribution in [0, 0.1) is 5.92 Å². The normalized spacial score (nSPS) is 15.2. The van der Waals surface area contributed by atoms with Crippen LogP contribution >= 0.6 is 11.6 Å². The molecular formula is C16H21ClN2O5S. The molecule has 0 saturated heterocycles. The fourth-order valence-corrected chi connectivity index (χ4v) is 4.64. The molecule has 0 radical (unpaired) electrons. The summed E-state index contributed by atoms with van der Waals surface area (Å²) < 4.78 is 32.5. The zero-order chi connectivity index (χ0) is 18.9. The highest BCUT2D eigenvalue weighted by atomic mass is 35.5. The van der Waals surface area contributed by atoms with Crippen molar-refractivity contribution in [2.75, 3.05) is 18.6 Å². The van der Waals surface area contributed by atoms with Crippen LogP contribution in [0.1, 0.15) is 26.3 Å². The number of carbonyl (C=O) groups is 2. The van der Waals surface area contributed by atoms with Crippen LogP contribution in [-0.4, -0.2) is 40.0 Å². The summed E-state index contributed by atoms with van der Waals surface area (Å²) in [6.45, 7) is 5.30. The van der Waals surface area contributed by atoms with Crippen molar-refractivity contribution in [3.63, 3.8) is 0 Å². The Morgan fingerprint density at radius 2 is 1.96 bits per heavy atom. The second-order valence-corrected chi connectivity index (χ2v) is 8.29. The Kier molecular flexibility index (Phi) is 5.75. The monoisotopic (exact) mass is 388 g/mol. The van der Waals surface area contributed by atoms with Gasteiger partial charge in [0.2, 0.25) is 15.9 Å². The van der Waals surface area contributed by atoms with E-state index in [9.17, 15) is 18.0 Å². The maximum absolute atomic E-state index is 12.8.